The first-order chi connectivity index (χ1) is 9.76. The minimum absolute atomic E-state index is 0.424. The Balaban J connectivity index is 1.66. The lowest BCUT2D eigenvalue weighted by Gasteiger charge is -2.12. The summed E-state index contributed by atoms with van der Waals surface area (Å²) in [5.41, 5.74) is 3.10. The van der Waals surface area contributed by atoms with E-state index in [2.05, 4.69) is 24.3 Å². The third-order valence-corrected chi connectivity index (χ3v) is 4.72. The molecule has 2 aromatic rings. The van der Waals surface area contributed by atoms with Gasteiger partial charge in [-0.2, -0.15) is 0 Å². The average molecular weight is 284 g/mol. The molecule has 0 spiro atoms. The molecule has 20 heavy (non-hydrogen) atoms. The van der Waals surface area contributed by atoms with E-state index in [0.717, 1.165) is 18.3 Å². The van der Waals surface area contributed by atoms with Gasteiger partial charge in [-0.25, -0.2) is 0 Å². The standard InChI is InChI=1S/C17H16O2S/c1-12-6-7-16(14(8-12)10-18)19-11-15-9-13-4-2-3-5-17(13)20-15/h2-8,10,15H,9,11H2,1H3. The largest absolute Gasteiger partial charge is 0.492 e. The summed E-state index contributed by atoms with van der Waals surface area (Å²) >= 11 is 1.86. The van der Waals surface area contributed by atoms with Gasteiger partial charge in [0.25, 0.3) is 0 Å². The van der Waals surface area contributed by atoms with Crippen LogP contribution in [0.1, 0.15) is 21.5 Å². The molecule has 3 rings (SSSR count). The molecule has 1 heterocycles. The van der Waals surface area contributed by atoms with Crippen molar-refractivity contribution in [1.82, 2.24) is 0 Å². The summed E-state index contributed by atoms with van der Waals surface area (Å²) in [6, 6.07) is 14.2. The molecule has 1 atom stereocenters. The van der Waals surface area contributed by atoms with Crippen LogP contribution in [0.2, 0.25) is 0 Å². The molecule has 2 nitrogen and oxygen atoms in total. The van der Waals surface area contributed by atoms with Crippen LogP contribution in [-0.4, -0.2) is 18.1 Å². The van der Waals surface area contributed by atoms with E-state index in [9.17, 15) is 4.79 Å². The van der Waals surface area contributed by atoms with Gasteiger partial charge in [-0.15, -0.1) is 11.8 Å². The molecule has 3 heteroatoms. The van der Waals surface area contributed by atoms with Gasteiger partial charge in [0, 0.05) is 10.1 Å². The Kier molecular flexibility index (Phi) is 3.79. The Morgan fingerprint density at radius 1 is 1.30 bits per heavy atom. The molecule has 0 amide bonds. The first kappa shape index (κ1) is 13.3. The zero-order valence-electron chi connectivity index (χ0n) is 11.3. The van der Waals surface area contributed by atoms with Crippen molar-refractivity contribution >= 4 is 18.0 Å². The molecule has 2 aromatic carbocycles. The fourth-order valence-electron chi connectivity index (χ4n) is 2.42. The van der Waals surface area contributed by atoms with Crippen LogP contribution in [0.3, 0.4) is 0 Å². The Morgan fingerprint density at radius 2 is 2.15 bits per heavy atom. The number of carbonyl (C=O) groups is 1. The third-order valence-electron chi connectivity index (χ3n) is 3.43. The van der Waals surface area contributed by atoms with Gasteiger partial charge in [-0.05, 0) is 37.1 Å². The van der Waals surface area contributed by atoms with Crippen molar-refractivity contribution in [1.29, 1.82) is 0 Å². The summed E-state index contributed by atoms with van der Waals surface area (Å²) in [5.74, 6) is 0.683. The number of aryl methyl sites for hydroxylation is 1. The van der Waals surface area contributed by atoms with Crippen molar-refractivity contribution in [2.75, 3.05) is 6.61 Å². The van der Waals surface area contributed by atoms with E-state index >= 15 is 0 Å². The second kappa shape index (κ2) is 5.71. The molecule has 0 radical (unpaired) electrons. The van der Waals surface area contributed by atoms with Crippen molar-refractivity contribution in [3.63, 3.8) is 0 Å². The van der Waals surface area contributed by atoms with Gasteiger partial charge in [-0.3, -0.25) is 4.79 Å². The quantitative estimate of drug-likeness (QED) is 0.796. The Hall–Kier alpha value is -1.74. The van der Waals surface area contributed by atoms with E-state index in [1.807, 2.05) is 36.9 Å². The number of hydrogen-bond donors (Lipinski definition) is 0. The Labute approximate surface area is 123 Å². The molecular weight excluding hydrogens is 268 g/mol. The van der Waals surface area contributed by atoms with Crippen molar-refractivity contribution in [2.45, 2.75) is 23.5 Å². The molecule has 1 aliphatic heterocycles. The van der Waals surface area contributed by atoms with Crippen LogP contribution in [0.4, 0.5) is 0 Å². The average Bonchev–Trinajstić information content (AvgIpc) is 2.88. The highest BCUT2D eigenvalue weighted by atomic mass is 32.2. The van der Waals surface area contributed by atoms with Crippen LogP contribution in [0.5, 0.6) is 5.75 Å². The first-order valence-corrected chi connectivity index (χ1v) is 7.57. The number of hydrogen-bond acceptors (Lipinski definition) is 3. The number of carbonyl (C=O) groups excluding carboxylic acids is 1. The molecule has 0 aromatic heterocycles. The SMILES string of the molecule is Cc1ccc(OCC2Cc3ccccc3S2)c(C=O)c1. The van der Waals surface area contributed by atoms with Gasteiger partial charge in [0.05, 0.1) is 5.56 Å². The molecule has 0 bridgehead atoms. The van der Waals surface area contributed by atoms with Crippen molar-refractivity contribution in [2.24, 2.45) is 0 Å². The van der Waals surface area contributed by atoms with Crippen LogP contribution < -0.4 is 4.74 Å². The molecule has 0 fully saturated rings. The van der Waals surface area contributed by atoms with Crippen LogP contribution >= 0.6 is 11.8 Å². The van der Waals surface area contributed by atoms with Crippen molar-refractivity contribution in [3.05, 3.63) is 59.2 Å². The highest BCUT2D eigenvalue weighted by Gasteiger charge is 2.22. The minimum atomic E-state index is 0.424. The third kappa shape index (κ3) is 2.73. The summed E-state index contributed by atoms with van der Waals surface area (Å²) in [6.45, 7) is 2.60. The number of ether oxygens (including phenoxy) is 1. The first-order valence-electron chi connectivity index (χ1n) is 6.69. The second-order valence-electron chi connectivity index (χ2n) is 5.02. The highest BCUT2D eigenvalue weighted by Crippen LogP contribution is 2.37. The van der Waals surface area contributed by atoms with E-state index in [4.69, 9.17) is 4.74 Å². The fourth-order valence-corrected chi connectivity index (χ4v) is 3.64. The number of fused-ring (bicyclic) bond motifs is 1. The predicted octanol–water partition coefficient (Wildman–Crippen LogP) is 3.90. The van der Waals surface area contributed by atoms with Gasteiger partial charge in [0.2, 0.25) is 0 Å². The maximum absolute atomic E-state index is 11.1. The van der Waals surface area contributed by atoms with Crippen LogP contribution in [0.25, 0.3) is 0 Å². The Bertz CT molecular complexity index is 612. The van der Waals surface area contributed by atoms with Crippen molar-refractivity contribution in [3.8, 4) is 5.75 Å². The van der Waals surface area contributed by atoms with E-state index < -0.39 is 0 Å². The monoisotopic (exact) mass is 284 g/mol. The normalized spacial score (nSPS) is 16.8. The van der Waals surface area contributed by atoms with E-state index in [1.54, 1.807) is 0 Å². The van der Waals surface area contributed by atoms with E-state index in [-0.39, 0.29) is 0 Å². The summed E-state index contributed by atoms with van der Waals surface area (Å²) in [6.07, 6.45) is 1.89. The molecular formula is C17H16O2S. The van der Waals surface area contributed by atoms with Crippen LogP contribution in [-0.2, 0) is 6.42 Å². The Morgan fingerprint density at radius 3 is 2.95 bits per heavy atom. The lowest BCUT2D eigenvalue weighted by Crippen LogP contribution is -2.14. The molecule has 102 valence electrons. The molecule has 0 aliphatic carbocycles. The maximum Gasteiger partial charge on any atom is 0.153 e. The second-order valence-corrected chi connectivity index (χ2v) is 6.36. The zero-order chi connectivity index (χ0) is 13.9. The molecule has 1 aliphatic rings. The topological polar surface area (TPSA) is 26.3 Å². The maximum atomic E-state index is 11.1. The van der Waals surface area contributed by atoms with Gasteiger partial charge < -0.3 is 4.74 Å². The number of aldehydes is 1. The number of rotatable bonds is 4. The lowest BCUT2D eigenvalue weighted by atomic mass is 10.1. The summed E-state index contributed by atoms with van der Waals surface area (Å²) in [4.78, 5) is 12.4. The number of benzene rings is 2. The summed E-state index contributed by atoms with van der Waals surface area (Å²) in [7, 11) is 0. The summed E-state index contributed by atoms with van der Waals surface area (Å²) in [5, 5.41) is 0.424. The van der Waals surface area contributed by atoms with Gasteiger partial charge in [-0.1, -0.05) is 29.8 Å². The minimum Gasteiger partial charge on any atom is -0.492 e. The molecule has 0 saturated carbocycles. The zero-order valence-corrected chi connectivity index (χ0v) is 12.2. The fraction of sp³-hybridized carbons (Fsp3) is 0.235. The summed E-state index contributed by atoms with van der Waals surface area (Å²) < 4.78 is 5.85. The van der Waals surface area contributed by atoms with Gasteiger partial charge in [0.15, 0.2) is 6.29 Å². The predicted molar refractivity (Wildman–Crippen MR) is 81.9 cm³/mol. The molecule has 1 unspecified atom stereocenters. The van der Waals surface area contributed by atoms with Crippen molar-refractivity contribution < 1.29 is 9.53 Å². The smallest absolute Gasteiger partial charge is 0.153 e. The van der Waals surface area contributed by atoms with Gasteiger partial charge in [0.1, 0.15) is 12.4 Å². The van der Waals surface area contributed by atoms with Gasteiger partial charge >= 0.3 is 0 Å². The molecule has 0 saturated heterocycles. The highest BCUT2D eigenvalue weighted by molar-refractivity contribution is 8.00. The van der Waals surface area contributed by atoms with Crippen LogP contribution in [0, 0.1) is 6.92 Å². The van der Waals surface area contributed by atoms with E-state index in [1.165, 1.54) is 10.5 Å². The number of thioether (sulfide) groups is 1. The van der Waals surface area contributed by atoms with Crippen LogP contribution in [0.15, 0.2) is 47.4 Å². The van der Waals surface area contributed by atoms with E-state index in [0.29, 0.717) is 23.2 Å². The molecule has 0 N–H and O–H groups in total. The lowest BCUT2D eigenvalue weighted by molar-refractivity contribution is 0.111.